The Bertz CT molecular complexity index is 300. The maximum Gasteiger partial charge on any atom is 0.0141 e. The quantitative estimate of drug-likeness (QED) is 0.687. The summed E-state index contributed by atoms with van der Waals surface area (Å²) in [7, 11) is 0. The van der Waals surface area contributed by atoms with Crippen LogP contribution in [0.3, 0.4) is 0 Å². The summed E-state index contributed by atoms with van der Waals surface area (Å²) in [6, 6.07) is 10.6. The smallest absolute Gasteiger partial charge is 0.0141 e. The van der Waals surface area contributed by atoms with Crippen LogP contribution in [-0.2, 0) is 0 Å². The van der Waals surface area contributed by atoms with E-state index in [0.29, 0.717) is 5.92 Å². The summed E-state index contributed by atoms with van der Waals surface area (Å²) in [6.45, 7) is 4.38. The molecule has 1 atom stereocenters. The summed E-state index contributed by atoms with van der Waals surface area (Å²) in [5.41, 5.74) is 2.86. The molecule has 1 aliphatic rings. The average molecular weight is 173 g/mol. The first-order valence-electron chi connectivity index (χ1n) is 4.84. The zero-order chi connectivity index (χ0) is 9.10. The van der Waals surface area contributed by atoms with E-state index in [1.54, 1.807) is 0 Å². The summed E-state index contributed by atoms with van der Waals surface area (Å²) >= 11 is 0. The molecule has 1 aliphatic heterocycles. The molecule has 2 rings (SSSR count). The average Bonchev–Trinajstić information content (AvgIpc) is 2.20. The molecule has 13 heavy (non-hydrogen) atoms. The molecule has 0 unspecified atom stereocenters. The molecule has 0 saturated heterocycles. The number of rotatable bonds is 1. The Morgan fingerprint density at radius 1 is 1.23 bits per heavy atom. The standard InChI is InChI=1S/C12H15N/c1-10-9-13-8-7-12(10)11-5-3-2-4-6-11/h2-7,10,13H,8-9H2,1H3/t10-/m0/s1. The Balaban J connectivity index is 2.30. The second-order valence-corrected chi connectivity index (χ2v) is 3.58. The highest BCUT2D eigenvalue weighted by Gasteiger charge is 2.13. The molecular weight excluding hydrogens is 158 g/mol. The van der Waals surface area contributed by atoms with Crippen molar-refractivity contribution >= 4 is 5.57 Å². The summed E-state index contributed by atoms with van der Waals surface area (Å²) in [5.74, 6) is 0.635. The lowest BCUT2D eigenvalue weighted by molar-refractivity contribution is 0.615. The van der Waals surface area contributed by atoms with Crippen molar-refractivity contribution in [2.75, 3.05) is 13.1 Å². The Morgan fingerprint density at radius 3 is 2.69 bits per heavy atom. The van der Waals surface area contributed by atoms with Crippen molar-refractivity contribution in [3.8, 4) is 0 Å². The van der Waals surface area contributed by atoms with Crippen LogP contribution in [0.25, 0.3) is 5.57 Å². The van der Waals surface area contributed by atoms with Gasteiger partial charge < -0.3 is 5.32 Å². The fraction of sp³-hybridized carbons (Fsp3) is 0.333. The van der Waals surface area contributed by atoms with E-state index in [0.717, 1.165) is 13.1 Å². The largest absolute Gasteiger partial charge is 0.313 e. The molecule has 1 nitrogen and oxygen atoms in total. The van der Waals surface area contributed by atoms with E-state index < -0.39 is 0 Å². The topological polar surface area (TPSA) is 12.0 Å². The van der Waals surface area contributed by atoms with Crippen LogP contribution in [0.15, 0.2) is 36.4 Å². The van der Waals surface area contributed by atoms with E-state index in [1.165, 1.54) is 11.1 Å². The first kappa shape index (κ1) is 8.52. The van der Waals surface area contributed by atoms with E-state index in [-0.39, 0.29) is 0 Å². The van der Waals surface area contributed by atoms with Gasteiger partial charge in [-0.1, -0.05) is 43.3 Å². The third-order valence-electron chi connectivity index (χ3n) is 2.55. The third-order valence-corrected chi connectivity index (χ3v) is 2.55. The van der Waals surface area contributed by atoms with Gasteiger partial charge in [0, 0.05) is 13.1 Å². The molecule has 1 heterocycles. The molecule has 0 bridgehead atoms. The Kier molecular flexibility index (Phi) is 2.46. The van der Waals surface area contributed by atoms with Crippen LogP contribution < -0.4 is 5.32 Å². The Hall–Kier alpha value is -1.08. The molecule has 0 aliphatic carbocycles. The van der Waals surface area contributed by atoms with Crippen molar-refractivity contribution < 1.29 is 0 Å². The molecule has 0 aromatic heterocycles. The van der Waals surface area contributed by atoms with Gasteiger partial charge in [-0.3, -0.25) is 0 Å². The molecule has 0 spiro atoms. The minimum Gasteiger partial charge on any atom is -0.313 e. The van der Waals surface area contributed by atoms with Gasteiger partial charge in [-0.05, 0) is 17.1 Å². The zero-order valence-corrected chi connectivity index (χ0v) is 7.96. The number of hydrogen-bond donors (Lipinski definition) is 1. The maximum atomic E-state index is 3.36. The van der Waals surface area contributed by atoms with E-state index >= 15 is 0 Å². The second-order valence-electron chi connectivity index (χ2n) is 3.58. The van der Waals surface area contributed by atoms with Crippen molar-refractivity contribution in [1.29, 1.82) is 0 Å². The monoisotopic (exact) mass is 173 g/mol. The van der Waals surface area contributed by atoms with Gasteiger partial charge in [0.05, 0.1) is 0 Å². The fourth-order valence-corrected chi connectivity index (χ4v) is 1.83. The summed E-state index contributed by atoms with van der Waals surface area (Å²) < 4.78 is 0. The van der Waals surface area contributed by atoms with E-state index in [2.05, 4.69) is 48.6 Å². The lowest BCUT2D eigenvalue weighted by Crippen LogP contribution is -2.26. The number of benzene rings is 1. The van der Waals surface area contributed by atoms with Gasteiger partial charge in [0.2, 0.25) is 0 Å². The molecule has 1 aromatic rings. The van der Waals surface area contributed by atoms with E-state index in [1.807, 2.05) is 0 Å². The SMILES string of the molecule is C[C@H]1CNCC=C1c1ccccc1. The molecule has 1 heteroatoms. The van der Waals surface area contributed by atoms with Gasteiger partial charge in [-0.25, -0.2) is 0 Å². The molecule has 0 saturated carbocycles. The highest BCUT2D eigenvalue weighted by Crippen LogP contribution is 2.24. The van der Waals surface area contributed by atoms with Crippen molar-refractivity contribution in [2.45, 2.75) is 6.92 Å². The van der Waals surface area contributed by atoms with E-state index in [9.17, 15) is 0 Å². The van der Waals surface area contributed by atoms with Crippen LogP contribution in [0.5, 0.6) is 0 Å². The van der Waals surface area contributed by atoms with Gasteiger partial charge >= 0.3 is 0 Å². The van der Waals surface area contributed by atoms with Gasteiger partial charge in [0.25, 0.3) is 0 Å². The Labute approximate surface area is 79.5 Å². The maximum absolute atomic E-state index is 3.36. The first-order chi connectivity index (χ1) is 6.38. The predicted molar refractivity (Wildman–Crippen MR) is 56.5 cm³/mol. The summed E-state index contributed by atoms with van der Waals surface area (Å²) in [6.07, 6.45) is 2.30. The van der Waals surface area contributed by atoms with Crippen molar-refractivity contribution in [2.24, 2.45) is 5.92 Å². The third kappa shape index (κ3) is 1.81. The van der Waals surface area contributed by atoms with Gasteiger partial charge in [-0.2, -0.15) is 0 Å². The second kappa shape index (κ2) is 3.75. The van der Waals surface area contributed by atoms with Crippen molar-refractivity contribution in [3.05, 3.63) is 42.0 Å². The van der Waals surface area contributed by atoms with Crippen LogP contribution >= 0.6 is 0 Å². The molecule has 0 amide bonds. The molecular formula is C12H15N. The van der Waals surface area contributed by atoms with Gasteiger partial charge in [0.15, 0.2) is 0 Å². The minimum absolute atomic E-state index is 0.635. The minimum atomic E-state index is 0.635. The summed E-state index contributed by atoms with van der Waals surface area (Å²) in [4.78, 5) is 0. The van der Waals surface area contributed by atoms with Crippen LogP contribution in [0.4, 0.5) is 0 Å². The normalized spacial score (nSPS) is 22.5. The van der Waals surface area contributed by atoms with E-state index in [4.69, 9.17) is 0 Å². The molecule has 0 radical (unpaired) electrons. The van der Waals surface area contributed by atoms with Crippen molar-refractivity contribution in [3.63, 3.8) is 0 Å². The van der Waals surface area contributed by atoms with Crippen LogP contribution in [0.1, 0.15) is 12.5 Å². The molecule has 1 aromatic carbocycles. The molecule has 68 valence electrons. The molecule has 0 fully saturated rings. The lowest BCUT2D eigenvalue weighted by atomic mass is 9.91. The highest BCUT2D eigenvalue weighted by atomic mass is 14.9. The summed E-state index contributed by atoms with van der Waals surface area (Å²) in [5, 5.41) is 3.36. The fourth-order valence-electron chi connectivity index (χ4n) is 1.83. The van der Waals surface area contributed by atoms with Gasteiger partial charge in [0.1, 0.15) is 0 Å². The number of nitrogens with one attached hydrogen (secondary N) is 1. The van der Waals surface area contributed by atoms with Gasteiger partial charge in [-0.15, -0.1) is 0 Å². The highest BCUT2D eigenvalue weighted by molar-refractivity contribution is 5.68. The Morgan fingerprint density at radius 2 is 2.00 bits per heavy atom. The molecule has 1 N–H and O–H groups in total. The number of hydrogen-bond acceptors (Lipinski definition) is 1. The van der Waals surface area contributed by atoms with Crippen LogP contribution in [-0.4, -0.2) is 13.1 Å². The zero-order valence-electron chi connectivity index (χ0n) is 7.96. The van der Waals surface area contributed by atoms with Crippen LogP contribution in [0.2, 0.25) is 0 Å². The first-order valence-corrected chi connectivity index (χ1v) is 4.84. The lowest BCUT2D eigenvalue weighted by Gasteiger charge is -2.21. The predicted octanol–water partition coefficient (Wildman–Crippen LogP) is 2.31. The van der Waals surface area contributed by atoms with Crippen LogP contribution in [0, 0.1) is 5.92 Å². The van der Waals surface area contributed by atoms with Crippen molar-refractivity contribution in [1.82, 2.24) is 5.32 Å².